The van der Waals surface area contributed by atoms with Crippen LogP contribution in [0.5, 0.6) is 0 Å². The second kappa shape index (κ2) is 7.35. The fourth-order valence-corrected chi connectivity index (χ4v) is 4.91. The molecule has 1 atom stereocenters. The molecule has 0 saturated heterocycles. The molecular formula is C15H24SiTi. The Kier molecular flexibility index (Phi) is 8.32. The molecule has 1 aromatic carbocycles. The molecule has 1 unspecified atom stereocenters. The monoisotopic (exact) mass is 280 g/mol. The van der Waals surface area contributed by atoms with Crippen LogP contribution < -0.4 is 0 Å². The van der Waals surface area contributed by atoms with Gasteiger partial charge >= 0.3 is 21.7 Å². The van der Waals surface area contributed by atoms with Gasteiger partial charge in [-0.15, -0.1) is 0 Å². The third-order valence-electron chi connectivity index (χ3n) is 3.42. The number of allylic oxidation sites excluding steroid dienone is 2. The summed E-state index contributed by atoms with van der Waals surface area (Å²) < 4.78 is 0. The molecule has 0 bridgehead atoms. The van der Waals surface area contributed by atoms with Gasteiger partial charge in [-0.2, -0.15) is 0 Å². The average molecular weight is 280 g/mol. The van der Waals surface area contributed by atoms with E-state index in [1.807, 2.05) is 0 Å². The summed E-state index contributed by atoms with van der Waals surface area (Å²) in [6, 6.07) is 8.91. The van der Waals surface area contributed by atoms with E-state index >= 15 is 0 Å². The number of hydrogen-bond acceptors (Lipinski definition) is 0. The third-order valence-corrected chi connectivity index (χ3v) is 5.62. The standard InChI is InChI=1S/C13H18Si.2CH3.Ti/c1-9-10(2)13(14(3)4)12-8-6-5-7-11(9)12;;;/h5-8,13-14H,1-4H3;2*1H3;/q;2*-1;+2. The minimum absolute atomic E-state index is 0. The van der Waals surface area contributed by atoms with Crippen molar-refractivity contribution in [2.45, 2.75) is 32.5 Å². The van der Waals surface area contributed by atoms with Crippen molar-refractivity contribution < 1.29 is 21.7 Å². The van der Waals surface area contributed by atoms with Crippen LogP contribution in [-0.2, 0) is 21.7 Å². The molecule has 0 N–H and O–H groups in total. The molecule has 0 fully saturated rings. The van der Waals surface area contributed by atoms with Crippen LogP contribution in [0.3, 0.4) is 0 Å². The van der Waals surface area contributed by atoms with Crippen molar-refractivity contribution in [1.82, 2.24) is 0 Å². The van der Waals surface area contributed by atoms with Crippen molar-refractivity contribution >= 4 is 14.4 Å². The predicted molar refractivity (Wildman–Crippen MR) is 79.2 cm³/mol. The fraction of sp³-hybridized carbons (Fsp3) is 0.333. The topological polar surface area (TPSA) is 0 Å². The number of rotatable bonds is 1. The molecule has 0 aliphatic heterocycles. The van der Waals surface area contributed by atoms with E-state index in [-0.39, 0.29) is 36.6 Å². The maximum Gasteiger partial charge on any atom is 2.00 e. The third kappa shape index (κ3) is 3.21. The SMILES string of the molecule is CC1=C(C)C([SiH](C)C)c2ccccc21.[CH3-].[CH3-].[Ti+2]. The largest absolute Gasteiger partial charge is 2.00 e. The zero-order valence-electron chi connectivity index (χ0n) is 12.0. The fourth-order valence-electron chi connectivity index (χ4n) is 2.65. The van der Waals surface area contributed by atoms with E-state index in [9.17, 15) is 0 Å². The summed E-state index contributed by atoms with van der Waals surface area (Å²) in [5, 5.41) is 0. The van der Waals surface area contributed by atoms with Crippen LogP contribution in [0, 0.1) is 14.9 Å². The molecule has 17 heavy (non-hydrogen) atoms. The quantitative estimate of drug-likeness (QED) is 0.525. The summed E-state index contributed by atoms with van der Waals surface area (Å²) >= 11 is 0. The first-order valence-electron chi connectivity index (χ1n) is 5.39. The maximum absolute atomic E-state index is 2.45. The molecule has 1 aliphatic rings. The van der Waals surface area contributed by atoms with Crippen LogP contribution >= 0.6 is 0 Å². The minimum atomic E-state index is -0.614. The van der Waals surface area contributed by atoms with Gasteiger partial charge in [0.05, 0.1) is 0 Å². The Morgan fingerprint density at radius 2 is 1.53 bits per heavy atom. The van der Waals surface area contributed by atoms with E-state index in [2.05, 4.69) is 51.2 Å². The Morgan fingerprint density at radius 1 is 1.00 bits per heavy atom. The Labute approximate surface area is 124 Å². The van der Waals surface area contributed by atoms with Crippen molar-refractivity contribution in [2.24, 2.45) is 0 Å². The molecule has 1 aromatic rings. The molecular weight excluding hydrogens is 256 g/mol. The molecule has 0 saturated carbocycles. The van der Waals surface area contributed by atoms with Crippen molar-refractivity contribution in [3.8, 4) is 0 Å². The molecule has 0 radical (unpaired) electrons. The predicted octanol–water partition coefficient (Wildman–Crippen LogP) is 4.50. The van der Waals surface area contributed by atoms with Gasteiger partial charge in [0.25, 0.3) is 0 Å². The minimum Gasteiger partial charge on any atom is -0.358 e. The van der Waals surface area contributed by atoms with Gasteiger partial charge in [0, 0.05) is 8.80 Å². The van der Waals surface area contributed by atoms with Gasteiger partial charge in [-0.05, 0) is 36.1 Å². The number of fused-ring (bicyclic) bond motifs is 1. The second-order valence-electron chi connectivity index (χ2n) is 4.62. The van der Waals surface area contributed by atoms with Crippen molar-refractivity contribution in [2.75, 3.05) is 0 Å². The normalized spacial score (nSPS) is 16.9. The van der Waals surface area contributed by atoms with Crippen LogP contribution in [0.1, 0.15) is 30.5 Å². The van der Waals surface area contributed by atoms with Gasteiger partial charge in [0.15, 0.2) is 0 Å². The van der Waals surface area contributed by atoms with E-state index < -0.39 is 8.80 Å². The Bertz CT molecular complexity index is 394. The smallest absolute Gasteiger partial charge is 0.358 e. The first kappa shape index (κ1) is 19.2. The summed E-state index contributed by atoms with van der Waals surface area (Å²) in [6.45, 7) is 9.48. The summed E-state index contributed by atoms with van der Waals surface area (Å²) in [5.74, 6) is 0. The Morgan fingerprint density at radius 3 is 2.06 bits per heavy atom. The van der Waals surface area contributed by atoms with Crippen molar-refractivity contribution in [3.05, 3.63) is 55.8 Å². The number of hydrogen-bond donors (Lipinski definition) is 0. The summed E-state index contributed by atoms with van der Waals surface area (Å²) in [5.41, 5.74) is 7.01. The molecule has 0 amide bonds. The molecule has 0 nitrogen and oxygen atoms in total. The molecule has 0 aromatic heterocycles. The molecule has 0 heterocycles. The maximum atomic E-state index is 2.45. The summed E-state index contributed by atoms with van der Waals surface area (Å²) in [6.07, 6.45) is 0. The van der Waals surface area contributed by atoms with Crippen LogP contribution in [0.4, 0.5) is 0 Å². The zero-order chi connectivity index (χ0) is 10.3. The van der Waals surface area contributed by atoms with Crippen LogP contribution in [-0.4, -0.2) is 8.80 Å². The molecule has 0 spiro atoms. The first-order valence-corrected chi connectivity index (χ1v) is 8.37. The Balaban J connectivity index is 0. The van der Waals surface area contributed by atoms with E-state index in [0.29, 0.717) is 0 Å². The van der Waals surface area contributed by atoms with Crippen LogP contribution in [0.25, 0.3) is 5.57 Å². The van der Waals surface area contributed by atoms with Crippen LogP contribution in [0.15, 0.2) is 29.8 Å². The first-order chi connectivity index (χ1) is 6.63. The summed E-state index contributed by atoms with van der Waals surface area (Å²) in [7, 11) is -0.614. The van der Waals surface area contributed by atoms with Crippen molar-refractivity contribution in [1.29, 1.82) is 0 Å². The van der Waals surface area contributed by atoms with E-state index in [1.54, 1.807) is 11.1 Å². The number of benzene rings is 1. The molecule has 92 valence electrons. The van der Waals surface area contributed by atoms with Gasteiger partial charge < -0.3 is 14.9 Å². The molecule has 2 rings (SSSR count). The average Bonchev–Trinajstić information content (AvgIpc) is 2.41. The van der Waals surface area contributed by atoms with Gasteiger partial charge in [0.2, 0.25) is 0 Å². The van der Waals surface area contributed by atoms with Crippen molar-refractivity contribution in [3.63, 3.8) is 0 Å². The van der Waals surface area contributed by atoms with E-state index in [4.69, 9.17) is 0 Å². The van der Waals surface area contributed by atoms with Gasteiger partial charge in [-0.1, -0.05) is 42.9 Å². The van der Waals surface area contributed by atoms with E-state index in [0.717, 1.165) is 5.54 Å². The van der Waals surface area contributed by atoms with E-state index in [1.165, 1.54) is 11.1 Å². The van der Waals surface area contributed by atoms with Crippen LogP contribution in [0.2, 0.25) is 13.1 Å². The van der Waals surface area contributed by atoms with Gasteiger partial charge in [0.1, 0.15) is 0 Å². The van der Waals surface area contributed by atoms with Gasteiger partial charge in [-0.25, -0.2) is 0 Å². The second-order valence-corrected chi connectivity index (χ2v) is 7.77. The molecule has 2 heteroatoms. The zero-order valence-corrected chi connectivity index (χ0v) is 14.7. The van der Waals surface area contributed by atoms with Gasteiger partial charge in [-0.3, -0.25) is 0 Å². The Hall–Kier alpha value is -0.109. The summed E-state index contributed by atoms with van der Waals surface area (Å²) in [4.78, 5) is 0. The molecule has 1 aliphatic carbocycles.